The summed E-state index contributed by atoms with van der Waals surface area (Å²) in [5, 5.41) is 0.448. The van der Waals surface area contributed by atoms with E-state index < -0.39 is 0 Å². The Balaban J connectivity index is 0.673. The SMILES string of the molecule is ClC1C2CC(N(C3CCC4C(CC5CCCCC54)C3)C3CCC4C(CC5CCCCC54)C3)CCC2C2CCC(N(C3CCC4C(CC5CCCCC54)C3)C3CCC4C(CC5CCCCC54)C3)CC12. The Morgan fingerprint density at radius 3 is 0.721 bits per heavy atom. The van der Waals surface area contributed by atoms with Crippen LogP contribution in [-0.2, 0) is 0 Å². The third-order valence-electron chi connectivity index (χ3n) is 28.3. The Hall–Kier alpha value is 0.210. The van der Waals surface area contributed by atoms with Crippen molar-refractivity contribution in [3.05, 3.63) is 0 Å². The molecule has 0 spiro atoms. The van der Waals surface area contributed by atoms with Gasteiger partial charge < -0.3 is 0 Å². The predicted molar refractivity (Wildman–Crippen MR) is 281 cm³/mol. The quantitative estimate of drug-likeness (QED) is 0.245. The van der Waals surface area contributed by atoms with Gasteiger partial charge in [-0.25, -0.2) is 0 Å². The zero-order chi connectivity index (χ0) is 44.6. The highest BCUT2D eigenvalue weighted by molar-refractivity contribution is 6.21. The van der Waals surface area contributed by atoms with Crippen LogP contribution in [-0.4, -0.2) is 51.4 Å². The highest BCUT2D eigenvalue weighted by atomic mass is 35.5. The van der Waals surface area contributed by atoms with Crippen LogP contribution in [0.5, 0.6) is 0 Å². The van der Waals surface area contributed by atoms with Crippen LogP contribution in [0.3, 0.4) is 0 Å². The Morgan fingerprint density at radius 2 is 0.426 bits per heavy atom. The topological polar surface area (TPSA) is 6.48 Å². The maximum absolute atomic E-state index is 8.28. The highest BCUT2D eigenvalue weighted by Gasteiger charge is 2.59. The van der Waals surface area contributed by atoms with Gasteiger partial charge in [0, 0.05) is 41.6 Å². The summed E-state index contributed by atoms with van der Waals surface area (Å²) in [5.74, 6) is 20.9. The summed E-state index contributed by atoms with van der Waals surface area (Å²) in [6, 6.07) is 5.20. The second kappa shape index (κ2) is 18.8. The van der Waals surface area contributed by atoms with Gasteiger partial charge in [0.15, 0.2) is 0 Å². The molecule has 2 nitrogen and oxygen atoms in total. The van der Waals surface area contributed by atoms with Crippen LogP contribution in [0.1, 0.15) is 244 Å². The summed E-state index contributed by atoms with van der Waals surface area (Å²) in [5.41, 5.74) is 0. The summed E-state index contributed by atoms with van der Waals surface area (Å²) in [4.78, 5) is 6.90. The summed E-state index contributed by atoms with van der Waals surface area (Å²) < 4.78 is 0. The maximum atomic E-state index is 8.28. The number of hydrogen-bond acceptors (Lipinski definition) is 2. The zero-order valence-corrected chi connectivity index (χ0v) is 44.5. The number of rotatable bonds is 6. The van der Waals surface area contributed by atoms with Crippen LogP contribution in [0.15, 0.2) is 0 Å². The van der Waals surface area contributed by atoms with Crippen molar-refractivity contribution in [1.82, 2.24) is 9.80 Å². The molecule has 0 heterocycles. The van der Waals surface area contributed by atoms with Crippen LogP contribution in [0, 0.1) is 118 Å². The van der Waals surface area contributed by atoms with Gasteiger partial charge in [0.05, 0.1) is 0 Å². The summed E-state index contributed by atoms with van der Waals surface area (Å²) in [6.45, 7) is 0. The molecule has 0 aromatic heterocycles. The van der Waals surface area contributed by atoms with Crippen molar-refractivity contribution >= 4 is 11.6 Å². The minimum atomic E-state index is 0.448. The van der Waals surface area contributed by atoms with Gasteiger partial charge in [-0.15, -0.1) is 11.6 Å². The van der Waals surface area contributed by atoms with E-state index in [1.54, 1.807) is 180 Å². The average Bonchev–Trinajstić information content (AvgIpc) is 4.19. The van der Waals surface area contributed by atoms with Crippen molar-refractivity contribution < 1.29 is 0 Å². The second-order valence-electron chi connectivity index (χ2n) is 30.3. The van der Waals surface area contributed by atoms with Gasteiger partial charge in [-0.3, -0.25) is 9.80 Å². The van der Waals surface area contributed by atoms with Crippen LogP contribution in [0.4, 0.5) is 0 Å². The molecule has 15 aliphatic carbocycles. The van der Waals surface area contributed by atoms with E-state index in [0.29, 0.717) is 5.38 Å². The number of nitrogens with zero attached hydrogens (tertiary/aromatic N) is 2. The third kappa shape index (κ3) is 7.78. The lowest BCUT2D eigenvalue weighted by Gasteiger charge is -2.53. The molecule has 26 unspecified atom stereocenters. The molecule has 15 rings (SSSR count). The van der Waals surface area contributed by atoms with Crippen molar-refractivity contribution in [2.45, 2.75) is 286 Å². The first-order valence-electron chi connectivity index (χ1n) is 32.8. The van der Waals surface area contributed by atoms with Crippen molar-refractivity contribution in [3.8, 4) is 0 Å². The van der Waals surface area contributed by atoms with Gasteiger partial charge in [0.25, 0.3) is 0 Å². The van der Waals surface area contributed by atoms with Gasteiger partial charge >= 0.3 is 0 Å². The fourth-order valence-electron chi connectivity index (χ4n) is 26.3. The Morgan fingerprint density at radius 1 is 0.191 bits per heavy atom. The van der Waals surface area contributed by atoms with Crippen molar-refractivity contribution in [2.24, 2.45) is 118 Å². The van der Waals surface area contributed by atoms with Crippen molar-refractivity contribution in [1.29, 1.82) is 0 Å². The molecule has 0 aromatic carbocycles. The molecule has 0 saturated heterocycles. The predicted octanol–water partition coefficient (Wildman–Crippen LogP) is 16.8. The fourth-order valence-corrected chi connectivity index (χ4v) is 26.8. The largest absolute Gasteiger partial charge is 0.294 e. The van der Waals surface area contributed by atoms with E-state index in [0.717, 1.165) is 155 Å². The van der Waals surface area contributed by atoms with E-state index in [4.69, 9.17) is 11.6 Å². The minimum absolute atomic E-state index is 0.448. The third-order valence-corrected chi connectivity index (χ3v) is 28.9. The van der Waals surface area contributed by atoms with E-state index in [1.807, 2.05) is 0 Å². The molecule has 0 bridgehead atoms. The lowest BCUT2D eigenvalue weighted by atomic mass is 9.67. The molecule has 0 N–H and O–H groups in total. The molecule has 15 aliphatic rings. The molecule has 0 aliphatic heterocycles. The minimum Gasteiger partial charge on any atom is -0.294 e. The summed E-state index contributed by atoms with van der Waals surface area (Å²) in [7, 11) is 0. The normalized spacial score (nSPS) is 57.1. The molecule has 0 aromatic rings. The fraction of sp³-hybridized carbons (Fsp3) is 1.00. The molecule has 15 saturated carbocycles. The summed E-state index contributed by atoms with van der Waals surface area (Å²) in [6.07, 6.45) is 59.4. The highest BCUT2D eigenvalue weighted by Crippen LogP contribution is 2.63. The number of fused-ring (bicyclic) bond motifs is 15. The first kappa shape index (κ1) is 45.6. The first-order valence-corrected chi connectivity index (χ1v) is 33.2. The molecule has 68 heavy (non-hydrogen) atoms. The standard InChI is InChI=1S/C65H103ClN2/c66-65-63-37-51(67(47-17-23-57-43(33-47)29-39-9-1-5-13-53(39)57)48-18-24-58-44(34-48)30-40-10-2-6-14-54(40)58)21-27-61(63)62-28-22-52(38-64(62)65)68(49-19-25-59-45(35-49)31-41-11-3-7-15-55(41)59)50-20-26-60-46(36-50)32-42-12-4-8-16-56(42)60/h39-65H,1-38H2. The van der Waals surface area contributed by atoms with Gasteiger partial charge in [-0.1, -0.05) is 77.0 Å². The first-order chi connectivity index (χ1) is 33.6. The molecule has 0 amide bonds. The molecule has 15 fully saturated rings. The summed E-state index contributed by atoms with van der Waals surface area (Å²) >= 11 is 8.28. The van der Waals surface area contributed by atoms with Gasteiger partial charge in [0.2, 0.25) is 0 Å². The lowest BCUT2D eigenvalue weighted by Crippen LogP contribution is -2.55. The van der Waals surface area contributed by atoms with Crippen LogP contribution in [0.25, 0.3) is 0 Å². The maximum Gasteiger partial charge on any atom is 0.0399 e. The number of halogens is 1. The molecule has 26 atom stereocenters. The Labute approximate surface area is 423 Å². The van der Waals surface area contributed by atoms with Crippen molar-refractivity contribution in [3.63, 3.8) is 0 Å². The average molecular weight is 948 g/mol. The van der Waals surface area contributed by atoms with Gasteiger partial charge in [-0.2, -0.15) is 0 Å². The Kier molecular flexibility index (Phi) is 12.6. The zero-order valence-electron chi connectivity index (χ0n) is 43.7. The molecular weight excluding hydrogens is 844 g/mol. The smallest absolute Gasteiger partial charge is 0.0399 e. The van der Waals surface area contributed by atoms with E-state index in [9.17, 15) is 0 Å². The van der Waals surface area contributed by atoms with E-state index in [-0.39, 0.29) is 0 Å². The van der Waals surface area contributed by atoms with Gasteiger partial charge in [0.1, 0.15) is 0 Å². The molecular formula is C65H103ClN2. The lowest BCUT2D eigenvalue weighted by molar-refractivity contribution is -0.0344. The van der Waals surface area contributed by atoms with Gasteiger partial charge in [-0.05, 0) is 285 Å². The number of alkyl halides is 1. The molecule has 3 heteroatoms. The van der Waals surface area contributed by atoms with E-state index in [2.05, 4.69) is 9.80 Å². The van der Waals surface area contributed by atoms with Crippen LogP contribution in [0.2, 0.25) is 0 Å². The second-order valence-corrected chi connectivity index (χ2v) is 30.8. The molecule has 0 radical (unpaired) electrons. The van der Waals surface area contributed by atoms with Crippen LogP contribution < -0.4 is 0 Å². The van der Waals surface area contributed by atoms with Crippen LogP contribution >= 0.6 is 11.6 Å². The van der Waals surface area contributed by atoms with Crippen molar-refractivity contribution in [2.75, 3.05) is 0 Å². The molecule has 380 valence electrons. The van der Waals surface area contributed by atoms with E-state index in [1.165, 1.54) is 64.2 Å². The monoisotopic (exact) mass is 947 g/mol. The van der Waals surface area contributed by atoms with E-state index >= 15 is 0 Å². The number of hydrogen-bond donors (Lipinski definition) is 0. The Bertz CT molecular complexity index is 1540.